The van der Waals surface area contributed by atoms with E-state index in [2.05, 4.69) is 64.7 Å². The van der Waals surface area contributed by atoms with Crippen molar-refractivity contribution in [3.8, 4) is 0 Å². The van der Waals surface area contributed by atoms with Crippen molar-refractivity contribution in [1.82, 2.24) is 0 Å². The lowest BCUT2D eigenvalue weighted by Gasteiger charge is -1.93. The molecule has 0 aromatic carbocycles. The van der Waals surface area contributed by atoms with Crippen molar-refractivity contribution < 1.29 is 107 Å². The second-order valence-electron chi connectivity index (χ2n) is 3.56. The van der Waals surface area contributed by atoms with Crippen molar-refractivity contribution in [2.75, 3.05) is 46.7 Å². The molecular formula is C15H42BF12O11P7. The molecule has 31 heteroatoms. The van der Waals surface area contributed by atoms with Gasteiger partial charge in [0.15, 0.2) is 0 Å². The third kappa shape index (κ3) is 141. The van der Waals surface area contributed by atoms with E-state index in [9.17, 15) is 52.7 Å². The van der Waals surface area contributed by atoms with Crippen LogP contribution in [0, 0.1) is 0 Å². The van der Waals surface area contributed by atoms with Gasteiger partial charge in [0.05, 0.1) is 0 Å². The Labute approximate surface area is 274 Å². The maximum Gasteiger partial charge on any atom is 0.631 e. The monoisotopic (exact) mass is 854 g/mol. The summed E-state index contributed by atoms with van der Waals surface area (Å²) in [5.74, 6) is -11.0. The molecule has 0 amide bonds. The van der Waals surface area contributed by atoms with Crippen molar-refractivity contribution in [2.45, 2.75) is 24.7 Å². The summed E-state index contributed by atoms with van der Waals surface area (Å²) in [7, 11) is 14.7. The molecule has 46 heavy (non-hydrogen) atoms. The van der Waals surface area contributed by atoms with E-state index in [4.69, 9.17) is 54.7 Å². The molecule has 0 aromatic heterocycles. The molecule has 0 spiro atoms. The number of carboxylic acids is 4. The first kappa shape index (κ1) is 80.6. The Morgan fingerprint density at radius 1 is 0.348 bits per heavy atom. The molecule has 0 heterocycles. The normalized spacial score (nSPS) is 8.37. The van der Waals surface area contributed by atoms with Crippen molar-refractivity contribution >= 4 is 95.9 Å². The van der Waals surface area contributed by atoms with E-state index in [1.807, 2.05) is 46.7 Å². The summed E-state index contributed by atoms with van der Waals surface area (Å²) in [5.41, 5.74) is 0. The maximum atomic E-state index is 10.6. The van der Waals surface area contributed by atoms with Crippen LogP contribution in [0.25, 0.3) is 0 Å². The van der Waals surface area contributed by atoms with Crippen LogP contribution in [-0.2, 0) is 19.2 Å². The highest BCUT2D eigenvalue weighted by Crippen LogP contribution is 2.14. The molecule has 0 aliphatic heterocycles. The summed E-state index contributed by atoms with van der Waals surface area (Å²) in [6.45, 7) is 13.4. The summed E-state index contributed by atoms with van der Waals surface area (Å²) in [4.78, 5) is 35.6. The van der Waals surface area contributed by atoms with E-state index in [1.54, 1.807) is 0 Å². The van der Waals surface area contributed by atoms with Crippen LogP contribution in [0.3, 0.4) is 0 Å². The fourth-order valence-electron chi connectivity index (χ4n) is 0. The molecule has 7 unspecified atom stereocenters. The van der Waals surface area contributed by atoms with Gasteiger partial charge in [0.25, 0.3) is 0 Å². The SMILES string of the molecule is CP.CP.CP.CP.CP.CP.CP.O=C(O)C(F)(F)F.O=C(O)C(F)(F)F.O=C(O)C(F)(F)F.O=C(O)C(F)(F)F.OB(O)O. The topological polar surface area (TPSA) is 210 Å². The molecule has 0 bridgehead atoms. The summed E-state index contributed by atoms with van der Waals surface area (Å²) in [6.07, 6.45) is -20.3. The predicted octanol–water partition coefficient (Wildman–Crippen LogP) is 3.92. The highest BCUT2D eigenvalue weighted by Gasteiger charge is 2.39. The Morgan fingerprint density at radius 2 is 0.370 bits per heavy atom. The molecule has 0 aromatic rings. The largest absolute Gasteiger partial charge is 0.631 e. The van der Waals surface area contributed by atoms with Gasteiger partial charge in [-0.25, -0.2) is 19.2 Å². The van der Waals surface area contributed by atoms with E-state index >= 15 is 0 Å². The van der Waals surface area contributed by atoms with Crippen LogP contribution in [0.5, 0.6) is 0 Å². The van der Waals surface area contributed by atoms with Gasteiger partial charge in [-0.15, -0.1) is 64.7 Å². The standard InChI is InChI=1S/4C2HF3O2.7CH5P.BH3O3/c4*3-2(4,5)1(6)7;7*1-2;2-1(3)4/h4*(H,6,7);7*2H2,1H3;2-4H. The molecule has 0 saturated heterocycles. The van der Waals surface area contributed by atoms with Crippen LogP contribution in [-0.4, -0.2) is 138 Å². The second-order valence-corrected chi connectivity index (χ2v) is 3.56. The molecule has 0 radical (unpaired) electrons. The van der Waals surface area contributed by atoms with Gasteiger partial charge >= 0.3 is 55.9 Å². The molecular weight excluding hydrogens is 812 g/mol. The number of halogens is 12. The van der Waals surface area contributed by atoms with Crippen molar-refractivity contribution in [3.63, 3.8) is 0 Å². The third-order valence-corrected chi connectivity index (χ3v) is 0.970. The van der Waals surface area contributed by atoms with Gasteiger partial charge in [0.1, 0.15) is 0 Å². The van der Waals surface area contributed by atoms with Gasteiger partial charge in [0.2, 0.25) is 0 Å². The van der Waals surface area contributed by atoms with Crippen molar-refractivity contribution in [2.24, 2.45) is 0 Å². The molecule has 0 aliphatic carbocycles. The Morgan fingerprint density at radius 3 is 0.370 bits per heavy atom. The van der Waals surface area contributed by atoms with Gasteiger partial charge in [-0.1, -0.05) is 46.7 Å². The number of hydrogen-bond acceptors (Lipinski definition) is 7. The maximum absolute atomic E-state index is 10.6. The van der Waals surface area contributed by atoms with Crippen LogP contribution in [0.4, 0.5) is 52.7 Å². The summed E-state index contributed by atoms with van der Waals surface area (Å²) < 4.78 is 127. The number of carbonyl (C=O) groups is 4. The molecule has 7 N–H and O–H groups in total. The van der Waals surface area contributed by atoms with E-state index in [-0.39, 0.29) is 0 Å². The molecule has 11 nitrogen and oxygen atoms in total. The van der Waals surface area contributed by atoms with Crippen LogP contribution in [0.2, 0.25) is 0 Å². The Kier molecular flexibility index (Phi) is 100. The van der Waals surface area contributed by atoms with Gasteiger partial charge in [-0.2, -0.15) is 52.7 Å². The minimum atomic E-state index is -5.08. The van der Waals surface area contributed by atoms with E-state index in [0.717, 1.165) is 0 Å². The first-order chi connectivity index (χ1) is 20.5. The zero-order valence-corrected chi connectivity index (χ0v) is 33.0. The lowest BCUT2D eigenvalue weighted by atomic mass is 10.3. The molecule has 7 atom stereocenters. The minimum Gasteiger partial charge on any atom is -0.475 e. The lowest BCUT2D eigenvalue weighted by molar-refractivity contribution is -0.193. The van der Waals surface area contributed by atoms with Crippen LogP contribution in [0.1, 0.15) is 0 Å². The molecule has 0 saturated carbocycles. The Balaban J connectivity index is -0.0000000288. The van der Waals surface area contributed by atoms with Gasteiger partial charge in [-0.3, -0.25) is 0 Å². The highest BCUT2D eigenvalue weighted by molar-refractivity contribution is 7.16. The molecule has 290 valence electrons. The lowest BCUT2D eigenvalue weighted by Crippen LogP contribution is -2.21. The molecule has 0 aliphatic rings. The van der Waals surface area contributed by atoms with Crippen LogP contribution < -0.4 is 0 Å². The predicted molar refractivity (Wildman–Crippen MR) is 177 cm³/mol. The smallest absolute Gasteiger partial charge is 0.475 e. The van der Waals surface area contributed by atoms with Gasteiger partial charge in [0, 0.05) is 0 Å². The summed E-state index contributed by atoms with van der Waals surface area (Å²) in [6, 6.07) is 0. The van der Waals surface area contributed by atoms with E-state index in [0.29, 0.717) is 0 Å². The highest BCUT2D eigenvalue weighted by atomic mass is 31.0. The van der Waals surface area contributed by atoms with E-state index < -0.39 is 55.9 Å². The fraction of sp³-hybridized carbons (Fsp3) is 0.733. The van der Waals surface area contributed by atoms with Crippen LogP contribution in [0.15, 0.2) is 0 Å². The number of hydrogen-bond donors (Lipinski definition) is 7. The minimum absolute atomic E-state index is 1.92. The number of rotatable bonds is 0. The van der Waals surface area contributed by atoms with Gasteiger partial charge < -0.3 is 35.5 Å². The number of carboxylic acid groups (broad SMARTS) is 4. The zero-order chi connectivity index (χ0) is 41.9. The number of alkyl halides is 12. The Hall–Kier alpha value is -0.00506. The average Bonchev–Trinajstić information content (AvgIpc) is 2.95. The van der Waals surface area contributed by atoms with Crippen LogP contribution >= 0.6 is 64.7 Å². The molecule has 0 fully saturated rings. The fourth-order valence-corrected chi connectivity index (χ4v) is 0. The summed E-state index contributed by atoms with van der Waals surface area (Å²) >= 11 is 0. The van der Waals surface area contributed by atoms with Crippen molar-refractivity contribution in [1.29, 1.82) is 0 Å². The first-order valence-electron chi connectivity index (χ1n) is 9.79. The molecule has 0 rings (SSSR count). The third-order valence-electron chi connectivity index (χ3n) is 0.970. The first-order valence-corrected chi connectivity index (χ1v) is 17.9. The summed E-state index contributed by atoms with van der Waals surface area (Å²) in [5, 5.41) is 50.0. The average molecular weight is 854 g/mol. The van der Waals surface area contributed by atoms with Gasteiger partial charge in [-0.05, 0) is 0 Å². The number of aliphatic carboxylic acids is 4. The Bertz CT molecular complexity index is 519. The van der Waals surface area contributed by atoms with E-state index in [1.165, 1.54) is 0 Å². The zero-order valence-electron chi connectivity index (χ0n) is 24.9. The second kappa shape index (κ2) is 57.3. The quantitative estimate of drug-likeness (QED) is 0.106. The van der Waals surface area contributed by atoms with Crippen molar-refractivity contribution in [3.05, 3.63) is 0 Å².